The lowest BCUT2D eigenvalue weighted by Gasteiger charge is -2.25. The van der Waals surface area contributed by atoms with E-state index in [2.05, 4.69) is 9.73 Å². The molecule has 10 nitrogen and oxygen atoms in total. The van der Waals surface area contributed by atoms with Gasteiger partial charge >= 0.3 is 11.9 Å². The number of hydrogen-bond donors (Lipinski definition) is 0. The normalized spacial score (nSPS) is 14.5. The summed E-state index contributed by atoms with van der Waals surface area (Å²) in [4.78, 5) is 44.5. The lowest BCUT2D eigenvalue weighted by Crippen LogP contribution is -2.40. The van der Waals surface area contributed by atoms with Gasteiger partial charge in [-0.1, -0.05) is 47.7 Å². The molecule has 5 rings (SSSR count). The summed E-state index contributed by atoms with van der Waals surface area (Å²) in [5, 5.41) is 1.95. The topological polar surface area (TPSA) is 115 Å². The molecule has 0 aliphatic carbocycles. The summed E-state index contributed by atoms with van der Waals surface area (Å²) < 4.78 is 29.5. The van der Waals surface area contributed by atoms with Gasteiger partial charge in [0, 0.05) is 5.56 Å². The van der Waals surface area contributed by atoms with Crippen LogP contribution in [-0.4, -0.2) is 50.0 Å². The minimum Gasteiger partial charge on any atom is -0.493 e. The molecule has 0 saturated carbocycles. The molecular formula is C34H34N2O8S. The second-order valence-corrected chi connectivity index (χ2v) is 10.9. The molecule has 0 saturated heterocycles. The van der Waals surface area contributed by atoms with Gasteiger partial charge in [-0.2, -0.15) is 0 Å². The first-order chi connectivity index (χ1) is 21.8. The van der Waals surface area contributed by atoms with Crippen molar-refractivity contribution < 1.29 is 33.3 Å². The van der Waals surface area contributed by atoms with Crippen LogP contribution in [0.2, 0.25) is 0 Å². The number of thiazole rings is 1. The smallest absolute Gasteiger partial charge is 0.343 e. The molecule has 0 radical (unpaired) electrons. The molecule has 4 aromatic rings. The van der Waals surface area contributed by atoms with Crippen LogP contribution in [0.3, 0.4) is 0 Å². The zero-order chi connectivity index (χ0) is 32.1. The quantitative estimate of drug-likeness (QED) is 0.226. The van der Waals surface area contributed by atoms with Crippen molar-refractivity contribution in [3.8, 4) is 17.2 Å². The van der Waals surface area contributed by atoms with Crippen molar-refractivity contribution in [2.45, 2.75) is 33.7 Å². The summed E-state index contributed by atoms with van der Waals surface area (Å²) in [7, 11) is 1.28. The Morgan fingerprint density at radius 1 is 0.933 bits per heavy atom. The fourth-order valence-electron chi connectivity index (χ4n) is 5.22. The van der Waals surface area contributed by atoms with E-state index in [9.17, 15) is 14.4 Å². The minimum atomic E-state index is -0.866. The van der Waals surface area contributed by atoms with Gasteiger partial charge in [0.1, 0.15) is 5.75 Å². The highest BCUT2D eigenvalue weighted by Crippen LogP contribution is 2.36. The highest BCUT2D eigenvalue weighted by Gasteiger charge is 2.34. The molecule has 45 heavy (non-hydrogen) atoms. The van der Waals surface area contributed by atoms with E-state index in [-0.39, 0.29) is 24.3 Å². The van der Waals surface area contributed by atoms with Crippen molar-refractivity contribution in [3.05, 3.63) is 96.7 Å². The number of fused-ring (bicyclic) bond motifs is 2. The molecule has 1 aliphatic heterocycles. The molecule has 0 N–H and O–H groups in total. The number of benzene rings is 3. The van der Waals surface area contributed by atoms with E-state index in [4.69, 9.17) is 18.9 Å². The Kier molecular flexibility index (Phi) is 9.68. The van der Waals surface area contributed by atoms with E-state index in [1.807, 2.05) is 56.3 Å². The number of rotatable bonds is 11. The summed E-state index contributed by atoms with van der Waals surface area (Å²) in [5.41, 5.74) is 1.72. The first kappa shape index (κ1) is 31.5. The Morgan fingerprint density at radius 2 is 1.67 bits per heavy atom. The molecule has 0 fully saturated rings. The predicted molar refractivity (Wildman–Crippen MR) is 171 cm³/mol. The first-order valence-electron chi connectivity index (χ1n) is 14.6. The van der Waals surface area contributed by atoms with Crippen molar-refractivity contribution >= 4 is 40.1 Å². The summed E-state index contributed by atoms with van der Waals surface area (Å²) in [5.74, 6) is 0.197. The van der Waals surface area contributed by atoms with Gasteiger partial charge < -0.3 is 23.7 Å². The molecule has 1 aromatic heterocycles. The van der Waals surface area contributed by atoms with Gasteiger partial charge in [0.05, 0.1) is 48.8 Å². The summed E-state index contributed by atoms with van der Waals surface area (Å²) in [6, 6.07) is 16.0. The van der Waals surface area contributed by atoms with Crippen LogP contribution in [0.5, 0.6) is 17.2 Å². The average Bonchev–Trinajstić information content (AvgIpc) is 3.34. The summed E-state index contributed by atoms with van der Waals surface area (Å²) in [6.07, 6.45) is 1.83. The maximum absolute atomic E-state index is 14.3. The van der Waals surface area contributed by atoms with E-state index < -0.39 is 18.0 Å². The minimum absolute atomic E-state index is 0.151. The number of carbonyl (C=O) groups excluding carboxylic acids is 2. The van der Waals surface area contributed by atoms with Gasteiger partial charge in [-0.3, -0.25) is 9.36 Å². The Labute approximate surface area is 263 Å². The molecule has 2 heterocycles. The van der Waals surface area contributed by atoms with Crippen molar-refractivity contribution in [2.75, 3.05) is 33.5 Å². The number of hydrogen-bond acceptors (Lipinski definition) is 10. The molecule has 1 atom stereocenters. The molecular weight excluding hydrogens is 596 g/mol. The van der Waals surface area contributed by atoms with Crippen LogP contribution in [-0.2, 0) is 19.1 Å². The van der Waals surface area contributed by atoms with E-state index in [0.29, 0.717) is 51.1 Å². The summed E-state index contributed by atoms with van der Waals surface area (Å²) >= 11 is 1.23. The highest BCUT2D eigenvalue weighted by atomic mass is 32.1. The fourth-order valence-corrected chi connectivity index (χ4v) is 6.25. The zero-order valence-electron chi connectivity index (χ0n) is 25.7. The van der Waals surface area contributed by atoms with Crippen LogP contribution in [0.15, 0.2) is 75.7 Å². The molecule has 0 bridgehead atoms. The lowest BCUT2D eigenvalue weighted by molar-refractivity contribution is -0.143. The van der Waals surface area contributed by atoms with E-state index in [1.54, 1.807) is 32.0 Å². The summed E-state index contributed by atoms with van der Waals surface area (Å²) in [6.45, 7) is 7.80. The second-order valence-electron chi connectivity index (χ2n) is 9.94. The number of ether oxygens (including phenoxy) is 5. The molecule has 0 amide bonds. The van der Waals surface area contributed by atoms with E-state index in [1.165, 1.54) is 23.0 Å². The zero-order valence-corrected chi connectivity index (χ0v) is 26.6. The largest absolute Gasteiger partial charge is 0.493 e. The Bertz CT molecular complexity index is 1970. The van der Waals surface area contributed by atoms with Gasteiger partial charge in [0.25, 0.3) is 5.56 Å². The number of nitrogens with zero attached hydrogens (tertiary/aromatic N) is 2. The number of methoxy groups -OCH3 is 1. The third-order valence-corrected chi connectivity index (χ3v) is 8.16. The van der Waals surface area contributed by atoms with Crippen LogP contribution >= 0.6 is 11.3 Å². The predicted octanol–water partition coefficient (Wildman–Crippen LogP) is 4.30. The van der Waals surface area contributed by atoms with Crippen LogP contribution in [0.4, 0.5) is 0 Å². The third-order valence-electron chi connectivity index (χ3n) is 7.18. The fraction of sp³-hybridized carbons (Fsp3) is 0.294. The SMILES string of the molecule is CCOC(=O)C1=C(C)N=c2s/c(=C\c3c(OCC)ccc4ccccc34)c(=O)n2[C@H]1c1ccc(OCC(=O)OC)c(OCC)c1. The van der Waals surface area contributed by atoms with Crippen molar-refractivity contribution in [1.82, 2.24) is 4.57 Å². The first-order valence-corrected chi connectivity index (χ1v) is 15.4. The number of allylic oxidation sites excluding steroid dienone is 1. The number of aromatic nitrogens is 1. The second kappa shape index (κ2) is 13.8. The Balaban J connectivity index is 1.72. The van der Waals surface area contributed by atoms with Crippen LogP contribution in [0, 0.1) is 0 Å². The monoisotopic (exact) mass is 630 g/mol. The Hall–Kier alpha value is -4.90. The number of carbonyl (C=O) groups is 2. The average molecular weight is 631 g/mol. The van der Waals surface area contributed by atoms with E-state index in [0.717, 1.165) is 16.3 Å². The van der Waals surface area contributed by atoms with Gasteiger partial charge in [0.2, 0.25) is 0 Å². The molecule has 0 spiro atoms. The highest BCUT2D eigenvalue weighted by molar-refractivity contribution is 7.07. The molecule has 1 aliphatic rings. The molecule has 3 aromatic carbocycles. The number of esters is 2. The van der Waals surface area contributed by atoms with Gasteiger partial charge in [0.15, 0.2) is 22.9 Å². The van der Waals surface area contributed by atoms with Crippen LogP contribution in [0.1, 0.15) is 44.9 Å². The van der Waals surface area contributed by atoms with Gasteiger partial charge in [-0.05, 0) is 68.3 Å². The maximum Gasteiger partial charge on any atom is 0.343 e. The van der Waals surface area contributed by atoms with Gasteiger partial charge in [-0.25, -0.2) is 14.6 Å². The third kappa shape index (κ3) is 6.34. The van der Waals surface area contributed by atoms with Crippen molar-refractivity contribution in [2.24, 2.45) is 4.99 Å². The molecule has 0 unspecified atom stereocenters. The van der Waals surface area contributed by atoms with Crippen molar-refractivity contribution in [1.29, 1.82) is 0 Å². The van der Waals surface area contributed by atoms with Gasteiger partial charge in [-0.15, -0.1) is 0 Å². The standard InChI is InChI=1S/C34H34N2O8S/c1-6-41-25-15-13-21-11-9-10-12-23(21)24(25)18-28-32(38)36-31(30(33(39)43-8-3)20(4)35-34(36)45-28)22-14-16-26(27(17-22)42-7-2)44-19-29(37)40-5/h9-18,31H,6-8,19H2,1-5H3/b28-18-/t31-/m0/s1. The molecule has 234 valence electrons. The van der Waals surface area contributed by atoms with Crippen molar-refractivity contribution in [3.63, 3.8) is 0 Å². The van der Waals surface area contributed by atoms with Crippen LogP contribution < -0.4 is 29.1 Å². The lowest BCUT2D eigenvalue weighted by atomic mass is 9.95. The Morgan fingerprint density at radius 3 is 2.40 bits per heavy atom. The van der Waals surface area contributed by atoms with Crippen LogP contribution in [0.25, 0.3) is 16.8 Å². The van der Waals surface area contributed by atoms with E-state index >= 15 is 0 Å². The molecule has 11 heteroatoms. The maximum atomic E-state index is 14.3.